The third kappa shape index (κ3) is 3.31. The summed E-state index contributed by atoms with van der Waals surface area (Å²) in [6.45, 7) is 1.71. The smallest absolute Gasteiger partial charge is 0.140 e. The number of benzene rings is 2. The highest BCUT2D eigenvalue weighted by molar-refractivity contribution is 7.99. The fraction of sp³-hybridized carbons (Fsp3) is 0.294. The molecule has 1 heterocycles. The molecule has 0 spiro atoms. The number of piperidine rings is 1. The van der Waals surface area contributed by atoms with Crippen LogP contribution in [0.25, 0.3) is 0 Å². The first kappa shape index (κ1) is 15.4. The summed E-state index contributed by atoms with van der Waals surface area (Å²) in [5.74, 6) is -1.35. The van der Waals surface area contributed by atoms with Crippen LogP contribution in [0.1, 0.15) is 24.3 Å². The standard InChI is InChI=1S/C17H16F3NS/c18-12-4-5-15(14(20)10-12)22-16-3-1-2-13(19)17(16)11-6-8-21-9-7-11/h1-5,10-11,21H,6-9H2. The van der Waals surface area contributed by atoms with E-state index in [1.807, 2.05) is 0 Å². The zero-order valence-corrected chi connectivity index (χ0v) is 12.7. The normalized spacial score (nSPS) is 16.0. The van der Waals surface area contributed by atoms with Crippen LogP contribution in [-0.4, -0.2) is 13.1 Å². The molecule has 1 saturated heterocycles. The van der Waals surface area contributed by atoms with E-state index >= 15 is 0 Å². The second kappa shape index (κ2) is 6.75. The summed E-state index contributed by atoms with van der Waals surface area (Å²) in [7, 11) is 0. The van der Waals surface area contributed by atoms with Gasteiger partial charge < -0.3 is 5.32 Å². The molecule has 22 heavy (non-hydrogen) atoms. The Morgan fingerprint density at radius 1 is 0.909 bits per heavy atom. The van der Waals surface area contributed by atoms with Gasteiger partial charge in [-0.15, -0.1) is 0 Å². The first-order chi connectivity index (χ1) is 10.6. The van der Waals surface area contributed by atoms with Crippen LogP contribution in [-0.2, 0) is 0 Å². The van der Waals surface area contributed by atoms with Gasteiger partial charge in [-0.25, -0.2) is 13.2 Å². The lowest BCUT2D eigenvalue weighted by Crippen LogP contribution is -2.27. The first-order valence-electron chi connectivity index (χ1n) is 7.27. The highest BCUT2D eigenvalue weighted by Crippen LogP contribution is 2.39. The van der Waals surface area contributed by atoms with Gasteiger partial charge in [0.15, 0.2) is 0 Å². The van der Waals surface area contributed by atoms with Crippen molar-refractivity contribution in [2.75, 3.05) is 13.1 Å². The van der Waals surface area contributed by atoms with E-state index in [1.54, 1.807) is 12.1 Å². The predicted molar refractivity (Wildman–Crippen MR) is 81.7 cm³/mol. The fourth-order valence-corrected chi connectivity index (χ4v) is 3.84. The zero-order chi connectivity index (χ0) is 15.5. The second-order valence-electron chi connectivity index (χ2n) is 5.35. The van der Waals surface area contributed by atoms with Crippen LogP contribution in [0.2, 0.25) is 0 Å². The van der Waals surface area contributed by atoms with Crippen LogP contribution in [0.15, 0.2) is 46.2 Å². The minimum absolute atomic E-state index is 0.133. The summed E-state index contributed by atoms with van der Waals surface area (Å²) < 4.78 is 41.2. The van der Waals surface area contributed by atoms with Crippen molar-refractivity contribution < 1.29 is 13.2 Å². The lowest BCUT2D eigenvalue weighted by molar-refractivity contribution is 0.439. The third-order valence-corrected chi connectivity index (χ3v) is 5.00. The summed E-state index contributed by atoms with van der Waals surface area (Å²) in [6.07, 6.45) is 1.72. The molecule has 0 radical (unpaired) electrons. The van der Waals surface area contributed by atoms with Gasteiger partial charge in [0.25, 0.3) is 0 Å². The zero-order valence-electron chi connectivity index (χ0n) is 11.9. The van der Waals surface area contributed by atoms with Crippen LogP contribution in [0.4, 0.5) is 13.2 Å². The maximum atomic E-state index is 14.3. The van der Waals surface area contributed by atoms with Crippen molar-refractivity contribution in [2.45, 2.75) is 28.6 Å². The molecule has 0 aliphatic carbocycles. The van der Waals surface area contributed by atoms with Gasteiger partial charge in [0, 0.05) is 21.4 Å². The minimum atomic E-state index is -0.620. The summed E-state index contributed by atoms with van der Waals surface area (Å²) in [5.41, 5.74) is 0.651. The summed E-state index contributed by atoms with van der Waals surface area (Å²) in [6, 6.07) is 8.34. The van der Waals surface area contributed by atoms with Gasteiger partial charge in [0.2, 0.25) is 0 Å². The van der Waals surface area contributed by atoms with Crippen molar-refractivity contribution >= 4 is 11.8 Å². The van der Waals surface area contributed by atoms with Crippen molar-refractivity contribution in [3.05, 3.63) is 59.4 Å². The van der Waals surface area contributed by atoms with Gasteiger partial charge in [0.1, 0.15) is 17.5 Å². The van der Waals surface area contributed by atoms with E-state index in [0.29, 0.717) is 15.4 Å². The molecule has 3 rings (SSSR count). The number of hydrogen-bond donors (Lipinski definition) is 1. The largest absolute Gasteiger partial charge is 0.317 e. The molecular formula is C17H16F3NS. The van der Waals surface area contributed by atoms with E-state index in [9.17, 15) is 13.2 Å². The third-order valence-electron chi connectivity index (χ3n) is 3.87. The topological polar surface area (TPSA) is 12.0 Å². The molecule has 0 saturated carbocycles. The minimum Gasteiger partial charge on any atom is -0.317 e. The number of hydrogen-bond acceptors (Lipinski definition) is 2. The van der Waals surface area contributed by atoms with E-state index in [-0.39, 0.29) is 11.7 Å². The van der Waals surface area contributed by atoms with E-state index < -0.39 is 11.6 Å². The van der Waals surface area contributed by atoms with Gasteiger partial charge >= 0.3 is 0 Å². The van der Waals surface area contributed by atoms with E-state index in [1.165, 1.54) is 18.2 Å². The van der Waals surface area contributed by atoms with E-state index in [2.05, 4.69) is 5.32 Å². The molecule has 1 N–H and O–H groups in total. The molecule has 1 nitrogen and oxygen atoms in total. The van der Waals surface area contributed by atoms with Gasteiger partial charge in [0.05, 0.1) is 0 Å². The highest BCUT2D eigenvalue weighted by Gasteiger charge is 2.22. The molecule has 0 bridgehead atoms. The molecule has 116 valence electrons. The van der Waals surface area contributed by atoms with Gasteiger partial charge in [-0.1, -0.05) is 17.8 Å². The van der Waals surface area contributed by atoms with Crippen LogP contribution in [0, 0.1) is 17.5 Å². The van der Waals surface area contributed by atoms with Crippen molar-refractivity contribution in [3.8, 4) is 0 Å². The highest BCUT2D eigenvalue weighted by atomic mass is 32.2. The average molecular weight is 323 g/mol. The SMILES string of the molecule is Fc1ccc(Sc2cccc(F)c2C2CCNCC2)c(F)c1. The Morgan fingerprint density at radius 2 is 1.68 bits per heavy atom. The molecule has 2 aromatic carbocycles. The Hall–Kier alpha value is -1.46. The van der Waals surface area contributed by atoms with E-state index in [4.69, 9.17) is 0 Å². The molecule has 5 heteroatoms. The van der Waals surface area contributed by atoms with Crippen LogP contribution < -0.4 is 5.32 Å². The van der Waals surface area contributed by atoms with Gasteiger partial charge in [-0.2, -0.15) is 0 Å². The van der Waals surface area contributed by atoms with Crippen LogP contribution >= 0.6 is 11.8 Å². The predicted octanol–water partition coefficient (Wildman–Crippen LogP) is 4.72. The molecule has 0 aromatic heterocycles. The first-order valence-corrected chi connectivity index (χ1v) is 8.09. The number of halogens is 3. The molecule has 2 aromatic rings. The Balaban J connectivity index is 1.94. The van der Waals surface area contributed by atoms with Gasteiger partial charge in [-0.3, -0.25) is 0 Å². The number of nitrogens with one attached hydrogen (secondary N) is 1. The molecule has 1 aliphatic rings. The van der Waals surface area contributed by atoms with E-state index in [0.717, 1.165) is 43.8 Å². The van der Waals surface area contributed by atoms with Crippen molar-refractivity contribution in [1.29, 1.82) is 0 Å². The average Bonchev–Trinajstić information content (AvgIpc) is 2.51. The monoisotopic (exact) mass is 323 g/mol. The Bertz CT molecular complexity index is 669. The lowest BCUT2D eigenvalue weighted by Gasteiger charge is -2.25. The number of rotatable bonds is 3. The maximum absolute atomic E-state index is 14.3. The Morgan fingerprint density at radius 3 is 2.41 bits per heavy atom. The Kier molecular flexibility index (Phi) is 4.74. The molecule has 1 aliphatic heterocycles. The van der Waals surface area contributed by atoms with Gasteiger partial charge in [-0.05, 0) is 56.1 Å². The summed E-state index contributed by atoms with van der Waals surface area (Å²) in [5, 5.41) is 3.26. The Labute approximate surface area is 131 Å². The van der Waals surface area contributed by atoms with Crippen molar-refractivity contribution in [2.24, 2.45) is 0 Å². The van der Waals surface area contributed by atoms with Crippen LogP contribution in [0.5, 0.6) is 0 Å². The van der Waals surface area contributed by atoms with Crippen LogP contribution in [0.3, 0.4) is 0 Å². The molecule has 0 unspecified atom stereocenters. The quantitative estimate of drug-likeness (QED) is 0.877. The molecule has 1 fully saturated rings. The van der Waals surface area contributed by atoms with Crippen molar-refractivity contribution in [3.63, 3.8) is 0 Å². The summed E-state index contributed by atoms with van der Waals surface area (Å²) >= 11 is 1.16. The summed E-state index contributed by atoms with van der Waals surface area (Å²) in [4.78, 5) is 1.01. The lowest BCUT2D eigenvalue weighted by atomic mass is 9.90. The molecular weight excluding hydrogens is 307 g/mol. The van der Waals surface area contributed by atoms with Crippen molar-refractivity contribution in [1.82, 2.24) is 5.32 Å². The molecule has 0 amide bonds. The second-order valence-corrected chi connectivity index (χ2v) is 6.44. The fourth-order valence-electron chi connectivity index (χ4n) is 2.79. The maximum Gasteiger partial charge on any atom is 0.140 e. The molecule has 0 atom stereocenters.